The number of rotatable bonds is 3. The molecule has 0 heterocycles. The average molecular weight is 266 g/mol. The number of carbonyl (C=O) groups excluding carboxylic acids is 2. The number of hydrogen-bond donors (Lipinski definition) is 0. The van der Waals surface area contributed by atoms with E-state index in [1.54, 1.807) is 12.1 Å². The number of esters is 2. The van der Waals surface area contributed by atoms with Gasteiger partial charge in [-0.25, -0.2) is 9.59 Å². The van der Waals surface area contributed by atoms with Crippen LogP contribution in [-0.4, -0.2) is 34.2 Å². The number of carbonyl (C=O) groups is 2. The van der Waals surface area contributed by atoms with Gasteiger partial charge in [-0.15, -0.1) is 0 Å². The molecule has 0 atom stereocenters. The van der Waals surface area contributed by atoms with E-state index in [-0.39, 0.29) is 0 Å². The molecule has 0 aliphatic rings. The van der Waals surface area contributed by atoms with Crippen LogP contribution in [0.1, 0.15) is 20.7 Å². The van der Waals surface area contributed by atoms with Gasteiger partial charge in [0.2, 0.25) is 0 Å². The van der Waals surface area contributed by atoms with Crippen molar-refractivity contribution < 1.29 is 19.1 Å². The van der Waals surface area contributed by atoms with Crippen LogP contribution >= 0.6 is 0 Å². The van der Waals surface area contributed by atoms with Crippen molar-refractivity contribution in [1.82, 2.24) is 0 Å². The van der Waals surface area contributed by atoms with Gasteiger partial charge in [-0.3, -0.25) is 0 Å². The monoisotopic (exact) mass is 266 g/mol. The second-order valence-corrected chi connectivity index (χ2v) is 10.1. The molecule has 5 heteroatoms. The zero-order chi connectivity index (χ0) is 13.9. The Balaban J connectivity index is 3.38. The molecule has 0 saturated carbocycles. The van der Waals surface area contributed by atoms with Gasteiger partial charge in [0.05, 0.1) is 33.4 Å². The first-order chi connectivity index (χ1) is 8.29. The summed E-state index contributed by atoms with van der Waals surface area (Å²) in [6.45, 7) is 6.43. The summed E-state index contributed by atoms with van der Waals surface area (Å²) in [5.41, 5.74) is 0.774. The molecule has 0 aromatic heterocycles. The highest BCUT2D eigenvalue weighted by molar-refractivity contribution is 6.88. The summed E-state index contributed by atoms with van der Waals surface area (Å²) in [4.78, 5) is 23.2. The van der Waals surface area contributed by atoms with Gasteiger partial charge in [0.1, 0.15) is 0 Å². The summed E-state index contributed by atoms with van der Waals surface area (Å²) in [6, 6.07) is 5.09. The fraction of sp³-hybridized carbons (Fsp3) is 0.385. The third kappa shape index (κ3) is 3.19. The van der Waals surface area contributed by atoms with E-state index < -0.39 is 20.0 Å². The van der Waals surface area contributed by atoms with E-state index in [9.17, 15) is 9.59 Å². The van der Waals surface area contributed by atoms with E-state index in [1.165, 1.54) is 20.3 Å². The Morgan fingerprint density at radius 3 is 1.56 bits per heavy atom. The van der Waals surface area contributed by atoms with Crippen molar-refractivity contribution in [2.75, 3.05) is 14.2 Å². The maximum atomic E-state index is 11.6. The van der Waals surface area contributed by atoms with Crippen LogP contribution in [0.5, 0.6) is 0 Å². The fourth-order valence-electron chi connectivity index (χ4n) is 1.53. The molecule has 0 amide bonds. The predicted octanol–water partition coefficient (Wildman–Crippen LogP) is 1.80. The molecule has 1 aromatic carbocycles. The molecule has 0 unspecified atom stereocenters. The number of methoxy groups -OCH3 is 2. The summed E-state index contributed by atoms with van der Waals surface area (Å²) in [7, 11) is 1.01. The lowest BCUT2D eigenvalue weighted by Gasteiger charge is -2.18. The minimum Gasteiger partial charge on any atom is -0.465 e. The third-order valence-electron chi connectivity index (χ3n) is 2.64. The van der Waals surface area contributed by atoms with E-state index >= 15 is 0 Å². The van der Waals surface area contributed by atoms with E-state index in [0.717, 1.165) is 5.19 Å². The number of ether oxygens (including phenoxy) is 2. The topological polar surface area (TPSA) is 52.6 Å². The Hall–Kier alpha value is -1.62. The normalized spacial score (nSPS) is 10.9. The first-order valence-electron chi connectivity index (χ1n) is 5.62. The molecular weight excluding hydrogens is 248 g/mol. The molecule has 0 saturated heterocycles. The van der Waals surface area contributed by atoms with Crippen LogP contribution in [0.2, 0.25) is 19.6 Å². The van der Waals surface area contributed by atoms with Crippen LogP contribution in [0.15, 0.2) is 18.2 Å². The van der Waals surface area contributed by atoms with Crippen LogP contribution in [0.25, 0.3) is 0 Å². The van der Waals surface area contributed by atoms with Gasteiger partial charge in [-0.1, -0.05) is 24.8 Å². The van der Waals surface area contributed by atoms with Crippen molar-refractivity contribution in [1.29, 1.82) is 0 Å². The summed E-state index contributed by atoms with van der Waals surface area (Å²) in [5.74, 6) is -0.888. The predicted molar refractivity (Wildman–Crippen MR) is 72.1 cm³/mol. The molecule has 0 aliphatic carbocycles. The van der Waals surface area contributed by atoms with Gasteiger partial charge in [-0.2, -0.15) is 0 Å². The SMILES string of the molecule is COC(=O)c1cc(C(=O)OC)cc([Si](C)(C)C)c1. The summed E-state index contributed by atoms with van der Waals surface area (Å²) in [5, 5.41) is 1.02. The van der Waals surface area contributed by atoms with Crippen molar-refractivity contribution in [3.8, 4) is 0 Å². The molecular formula is C13H18O4Si. The van der Waals surface area contributed by atoms with Gasteiger partial charge in [0.15, 0.2) is 0 Å². The van der Waals surface area contributed by atoms with Gasteiger partial charge in [-0.05, 0) is 18.2 Å². The van der Waals surface area contributed by atoms with Crippen LogP contribution < -0.4 is 5.19 Å². The van der Waals surface area contributed by atoms with Gasteiger partial charge in [0.25, 0.3) is 0 Å². The van der Waals surface area contributed by atoms with Crippen LogP contribution in [-0.2, 0) is 9.47 Å². The fourth-order valence-corrected chi connectivity index (χ4v) is 2.71. The Kier molecular flexibility index (Phi) is 4.29. The molecule has 98 valence electrons. The highest BCUT2D eigenvalue weighted by Gasteiger charge is 2.21. The average Bonchev–Trinajstić information content (AvgIpc) is 2.35. The Morgan fingerprint density at radius 1 is 0.889 bits per heavy atom. The summed E-state index contributed by atoms with van der Waals surface area (Å²) < 4.78 is 9.39. The first-order valence-corrected chi connectivity index (χ1v) is 9.12. The van der Waals surface area contributed by atoms with Crippen molar-refractivity contribution in [3.05, 3.63) is 29.3 Å². The molecule has 0 radical (unpaired) electrons. The lowest BCUT2D eigenvalue weighted by Crippen LogP contribution is -2.38. The molecule has 0 N–H and O–H groups in total. The van der Waals surface area contributed by atoms with E-state index in [4.69, 9.17) is 9.47 Å². The van der Waals surface area contributed by atoms with E-state index in [1.807, 2.05) is 0 Å². The smallest absolute Gasteiger partial charge is 0.337 e. The molecule has 18 heavy (non-hydrogen) atoms. The first kappa shape index (κ1) is 14.4. The zero-order valence-corrected chi connectivity index (χ0v) is 12.4. The quantitative estimate of drug-likeness (QED) is 0.618. The van der Waals surface area contributed by atoms with Gasteiger partial charge >= 0.3 is 11.9 Å². The third-order valence-corrected chi connectivity index (χ3v) is 4.66. The minimum atomic E-state index is -1.63. The number of benzene rings is 1. The van der Waals surface area contributed by atoms with Crippen molar-refractivity contribution >= 4 is 25.2 Å². The maximum absolute atomic E-state index is 11.6. The van der Waals surface area contributed by atoms with Gasteiger partial charge in [0, 0.05) is 0 Å². The Labute approximate surface area is 108 Å². The van der Waals surface area contributed by atoms with Crippen LogP contribution in [0, 0.1) is 0 Å². The second-order valence-electron chi connectivity index (χ2n) is 5.03. The largest absolute Gasteiger partial charge is 0.465 e. The number of hydrogen-bond acceptors (Lipinski definition) is 4. The Morgan fingerprint density at radius 2 is 1.28 bits per heavy atom. The van der Waals surface area contributed by atoms with Crippen LogP contribution in [0.4, 0.5) is 0 Å². The van der Waals surface area contributed by atoms with Crippen molar-refractivity contribution in [2.45, 2.75) is 19.6 Å². The molecule has 0 aliphatic heterocycles. The lowest BCUT2D eigenvalue weighted by atomic mass is 10.1. The molecule has 0 fully saturated rings. The summed E-state index contributed by atoms with van der Waals surface area (Å²) in [6.07, 6.45) is 0. The van der Waals surface area contributed by atoms with Crippen molar-refractivity contribution in [2.24, 2.45) is 0 Å². The highest BCUT2D eigenvalue weighted by atomic mass is 28.3. The molecule has 1 aromatic rings. The molecule has 4 nitrogen and oxygen atoms in total. The standard InChI is InChI=1S/C13H18O4Si/c1-16-12(14)9-6-10(13(15)17-2)8-11(7-9)18(3,4)5/h6-8H,1-5H3. The lowest BCUT2D eigenvalue weighted by molar-refractivity contribution is 0.0599. The Bertz CT molecular complexity index is 440. The van der Waals surface area contributed by atoms with E-state index in [2.05, 4.69) is 19.6 Å². The minimum absolute atomic E-state index is 0.387. The second kappa shape index (κ2) is 5.35. The highest BCUT2D eigenvalue weighted by Crippen LogP contribution is 2.11. The zero-order valence-electron chi connectivity index (χ0n) is 11.4. The summed E-state index contributed by atoms with van der Waals surface area (Å²) >= 11 is 0. The van der Waals surface area contributed by atoms with Crippen molar-refractivity contribution in [3.63, 3.8) is 0 Å². The van der Waals surface area contributed by atoms with Gasteiger partial charge < -0.3 is 9.47 Å². The van der Waals surface area contributed by atoms with E-state index in [0.29, 0.717) is 11.1 Å². The molecule has 1 rings (SSSR count). The maximum Gasteiger partial charge on any atom is 0.337 e. The molecule has 0 bridgehead atoms. The molecule has 0 spiro atoms. The van der Waals surface area contributed by atoms with Crippen LogP contribution in [0.3, 0.4) is 0 Å².